The average Bonchev–Trinajstić information content (AvgIpc) is 2.56. The monoisotopic (exact) mass is 299 g/mol. The second-order valence-electron chi connectivity index (χ2n) is 4.34. The van der Waals surface area contributed by atoms with E-state index in [-0.39, 0.29) is 0 Å². The summed E-state index contributed by atoms with van der Waals surface area (Å²) < 4.78 is 5.54. The molecule has 0 aliphatic rings. The first-order valence-electron chi connectivity index (χ1n) is 6.80. The summed E-state index contributed by atoms with van der Waals surface area (Å²) >= 11 is 0. The number of carbonyl (C=O) groups excluding carboxylic acids is 1. The molecule has 0 saturated carbocycles. The van der Waals surface area contributed by atoms with Crippen LogP contribution in [0.25, 0.3) is 6.08 Å². The molecule has 0 unspecified atom stereocenters. The van der Waals surface area contributed by atoms with Gasteiger partial charge in [0.15, 0.2) is 0 Å². The number of pyridine rings is 1. The highest BCUT2D eigenvalue weighted by Gasteiger charge is 2.03. The third-order valence-electron chi connectivity index (χ3n) is 2.77. The molecular weight excluding hydrogens is 282 g/mol. The van der Waals surface area contributed by atoms with Crippen molar-refractivity contribution in [1.82, 2.24) is 10.5 Å². The molecule has 1 heterocycles. The number of hydroxylamine groups is 1. The molecule has 0 spiro atoms. The Balaban J connectivity index is 2.08. The van der Waals surface area contributed by atoms with Gasteiger partial charge in [-0.1, -0.05) is 12.1 Å². The highest BCUT2D eigenvalue weighted by molar-refractivity contribution is 5.90. The van der Waals surface area contributed by atoms with E-state index >= 15 is 0 Å². The number of anilines is 2. The van der Waals surface area contributed by atoms with E-state index in [1.807, 2.05) is 31.2 Å². The molecule has 6 nitrogen and oxygen atoms in total. The average molecular weight is 299 g/mol. The van der Waals surface area contributed by atoms with Gasteiger partial charge < -0.3 is 10.1 Å². The van der Waals surface area contributed by atoms with Crippen LogP contribution in [-0.4, -0.2) is 22.7 Å². The van der Waals surface area contributed by atoms with Gasteiger partial charge >= 0.3 is 0 Å². The fourth-order valence-corrected chi connectivity index (χ4v) is 1.78. The van der Waals surface area contributed by atoms with Crippen molar-refractivity contribution in [2.75, 3.05) is 11.9 Å². The van der Waals surface area contributed by atoms with Gasteiger partial charge in [0.05, 0.1) is 12.3 Å². The van der Waals surface area contributed by atoms with Crippen molar-refractivity contribution in [3.05, 3.63) is 54.2 Å². The largest absolute Gasteiger partial charge is 0.492 e. The topological polar surface area (TPSA) is 83.5 Å². The SMILES string of the molecule is CCOc1ccccc1Nc1ccc(/C=C/C(=O)NO)cn1. The van der Waals surface area contributed by atoms with Crippen LogP contribution in [0.2, 0.25) is 0 Å². The van der Waals surface area contributed by atoms with Crippen LogP contribution in [0.15, 0.2) is 48.7 Å². The maximum atomic E-state index is 10.9. The van der Waals surface area contributed by atoms with Crippen molar-refractivity contribution in [3.63, 3.8) is 0 Å². The first kappa shape index (κ1) is 15.5. The third-order valence-corrected chi connectivity index (χ3v) is 2.77. The van der Waals surface area contributed by atoms with E-state index in [0.717, 1.165) is 17.0 Å². The molecule has 0 aliphatic carbocycles. The smallest absolute Gasteiger partial charge is 0.267 e. The molecule has 3 N–H and O–H groups in total. The van der Waals surface area contributed by atoms with E-state index in [2.05, 4.69) is 10.3 Å². The molecular formula is C16H17N3O3. The predicted molar refractivity (Wildman–Crippen MR) is 84.1 cm³/mol. The van der Waals surface area contributed by atoms with E-state index in [9.17, 15) is 4.79 Å². The molecule has 0 radical (unpaired) electrons. The molecule has 1 aromatic heterocycles. The quantitative estimate of drug-likeness (QED) is 0.434. The third kappa shape index (κ3) is 4.32. The number of rotatable bonds is 6. The first-order chi connectivity index (χ1) is 10.7. The Hall–Kier alpha value is -2.86. The maximum Gasteiger partial charge on any atom is 0.267 e. The van der Waals surface area contributed by atoms with Gasteiger partial charge in [-0.05, 0) is 42.8 Å². The Labute approximate surface area is 128 Å². The standard InChI is InChI=1S/C16H17N3O3/c1-2-22-14-6-4-3-5-13(14)18-15-9-7-12(11-17-15)8-10-16(20)19-21/h3-11,21H,2H2,1H3,(H,17,18)(H,19,20)/b10-8+. The summed E-state index contributed by atoms with van der Waals surface area (Å²) in [7, 11) is 0. The van der Waals surface area contributed by atoms with Crippen molar-refractivity contribution < 1.29 is 14.7 Å². The van der Waals surface area contributed by atoms with Crippen LogP contribution in [0.1, 0.15) is 12.5 Å². The molecule has 22 heavy (non-hydrogen) atoms. The minimum absolute atomic E-state index is 0.586. The molecule has 0 saturated heterocycles. The lowest BCUT2D eigenvalue weighted by Crippen LogP contribution is -2.14. The van der Waals surface area contributed by atoms with Crippen molar-refractivity contribution >= 4 is 23.5 Å². The zero-order valence-corrected chi connectivity index (χ0v) is 12.1. The van der Waals surface area contributed by atoms with Crippen molar-refractivity contribution in [2.45, 2.75) is 6.92 Å². The van der Waals surface area contributed by atoms with Gasteiger partial charge in [-0.15, -0.1) is 0 Å². The summed E-state index contributed by atoms with van der Waals surface area (Å²) in [6.07, 6.45) is 4.39. The Morgan fingerprint density at radius 3 is 2.82 bits per heavy atom. The predicted octanol–water partition coefficient (Wildman–Crippen LogP) is 2.74. The second-order valence-corrected chi connectivity index (χ2v) is 4.34. The van der Waals surface area contributed by atoms with Crippen molar-refractivity contribution in [2.24, 2.45) is 0 Å². The number of aromatic nitrogens is 1. The Bertz CT molecular complexity index is 654. The Kier molecular flexibility index (Phi) is 5.50. The number of carbonyl (C=O) groups is 1. The number of hydrogen-bond acceptors (Lipinski definition) is 5. The molecule has 0 bridgehead atoms. The fourth-order valence-electron chi connectivity index (χ4n) is 1.78. The summed E-state index contributed by atoms with van der Waals surface area (Å²) in [6.45, 7) is 2.52. The Morgan fingerprint density at radius 1 is 1.32 bits per heavy atom. The van der Waals surface area contributed by atoms with Crippen LogP contribution in [-0.2, 0) is 4.79 Å². The second kappa shape index (κ2) is 7.80. The van der Waals surface area contributed by atoms with Gasteiger partial charge in [0.2, 0.25) is 0 Å². The maximum absolute atomic E-state index is 10.9. The summed E-state index contributed by atoms with van der Waals surface area (Å²) in [5.74, 6) is 0.833. The summed E-state index contributed by atoms with van der Waals surface area (Å²) in [4.78, 5) is 15.2. The zero-order chi connectivity index (χ0) is 15.8. The number of nitrogens with zero attached hydrogens (tertiary/aromatic N) is 1. The van der Waals surface area contributed by atoms with Crippen LogP contribution < -0.4 is 15.5 Å². The highest BCUT2D eigenvalue weighted by Crippen LogP contribution is 2.26. The van der Waals surface area contributed by atoms with Gasteiger partial charge in [0.1, 0.15) is 11.6 Å². The van der Waals surface area contributed by atoms with Crippen LogP contribution in [0.3, 0.4) is 0 Å². The number of nitrogens with one attached hydrogen (secondary N) is 2. The number of amides is 1. The minimum atomic E-state index is -0.590. The highest BCUT2D eigenvalue weighted by atomic mass is 16.5. The van der Waals surface area contributed by atoms with E-state index in [0.29, 0.717) is 12.4 Å². The number of para-hydroxylation sites is 2. The van der Waals surface area contributed by atoms with Crippen molar-refractivity contribution in [3.8, 4) is 5.75 Å². The first-order valence-corrected chi connectivity index (χ1v) is 6.80. The van der Waals surface area contributed by atoms with Crippen molar-refractivity contribution in [1.29, 1.82) is 0 Å². The van der Waals surface area contributed by atoms with Crippen LogP contribution in [0.4, 0.5) is 11.5 Å². The van der Waals surface area contributed by atoms with Gasteiger partial charge in [-0.2, -0.15) is 0 Å². The van der Waals surface area contributed by atoms with Crippen LogP contribution in [0, 0.1) is 0 Å². The summed E-state index contributed by atoms with van der Waals surface area (Å²) in [6, 6.07) is 11.2. The van der Waals surface area contributed by atoms with Crippen LogP contribution in [0.5, 0.6) is 5.75 Å². The molecule has 0 aliphatic heterocycles. The molecule has 1 amide bonds. The molecule has 0 fully saturated rings. The van der Waals surface area contributed by atoms with E-state index in [1.54, 1.807) is 24.4 Å². The minimum Gasteiger partial charge on any atom is -0.492 e. The Morgan fingerprint density at radius 2 is 2.14 bits per heavy atom. The van der Waals surface area contributed by atoms with Gasteiger partial charge in [-0.25, -0.2) is 10.5 Å². The number of hydrogen-bond donors (Lipinski definition) is 3. The molecule has 2 rings (SSSR count). The lowest BCUT2D eigenvalue weighted by molar-refractivity contribution is -0.124. The molecule has 0 atom stereocenters. The fraction of sp³-hybridized carbons (Fsp3) is 0.125. The normalized spacial score (nSPS) is 10.5. The van der Waals surface area contributed by atoms with Gasteiger partial charge in [0, 0.05) is 12.3 Å². The van der Waals surface area contributed by atoms with E-state index < -0.39 is 5.91 Å². The summed E-state index contributed by atoms with van der Waals surface area (Å²) in [5, 5.41) is 11.6. The lowest BCUT2D eigenvalue weighted by atomic mass is 10.2. The summed E-state index contributed by atoms with van der Waals surface area (Å²) in [5.41, 5.74) is 3.10. The lowest BCUT2D eigenvalue weighted by Gasteiger charge is -2.11. The van der Waals surface area contributed by atoms with Gasteiger partial charge in [-0.3, -0.25) is 10.0 Å². The molecule has 2 aromatic rings. The van der Waals surface area contributed by atoms with E-state index in [1.165, 1.54) is 11.6 Å². The zero-order valence-electron chi connectivity index (χ0n) is 12.1. The van der Waals surface area contributed by atoms with Gasteiger partial charge in [0.25, 0.3) is 5.91 Å². The number of benzene rings is 1. The molecule has 114 valence electrons. The number of ether oxygens (including phenoxy) is 1. The van der Waals surface area contributed by atoms with Crippen LogP contribution >= 0.6 is 0 Å². The molecule has 1 aromatic carbocycles. The molecule has 6 heteroatoms. The van der Waals surface area contributed by atoms with E-state index in [4.69, 9.17) is 9.94 Å².